The fourth-order valence-corrected chi connectivity index (χ4v) is 3.05. The molecule has 3 heteroatoms. The molecule has 0 unspecified atom stereocenters. The molecule has 0 heterocycles. The van der Waals surface area contributed by atoms with Crippen molar-refractivity contribution >= 4 is 33.8 Å². The summed E-state index contributed by atoms with van der Waals surface area (Å²) in [5, 5.41) is 0.723. The van der Waals surface area contributed by atoms with E-state index in [9.17, 15) is 0 Å². The minimum atomic E-state index is 0.469. The average molecular weight is 369 g/mol. The first-order chi connectivity index (χ1) is 12.3. The van der Waals surface area contributed by atoms with Crippen molar-refractivity contribution in [3.8, 4) is 5.75 Å². The number of rotatable bonds is 6. The van der Waals surface area contributed by atoms with E-state index in [0.717, 1.165) is 33.0 Å². The van der Waals surface area contributed by atoms with Gasteiger partial charge in [-0.2, -0.15) is 0 Å². The first-order valence-corrected chi connectivity index (χ1v) is 9.00. The molecule has 0 radical (unpaired) electrons. The molecule has 0 amide bonds. The van der Waals surface area contributed by atoms with Gasteiger partial charge in [-0.15, -0.1) is 11.6 Å². The zero-order chi connectivity index (χ0) is 17.5. The quantitative estimate of drug-likeness (QED) is 0.358. The second kappa shape index (κ2) is 8.75. The van der Waals surface area contributed by atoms with E-state index in [4.69, 9.17) is 27.9 Å². The van der Waals surface area contributed by atoms with E-state index >= 15 is 0 Å². The molecule has 0 fully saturated rings. The third-order valence-corrected chi connectivity index (χ3v) is 4.36. The second-order valence-corrected chi connectivity index (χ2v) is 6.24. The summed E-state index contributed by atoms with van der Waals surface area (Å²) < 4.78 is 5.56. The van der Waals surface area contributed by atoms with Crippen LogP contribution in [-0.4, -0.2) is 12.5 Å². The zero-order valence-electron chi connectivity index (χ0n) is 13.7. The standard InChI is InChI=1S/C22H18Cl2O/c23-15-16-25-20-13-11-18(12-14-20)21(17-7-3-1-4-8-17)22(24)19-9-5-2-6-10-19/h1-14H,15-16H2. The molecule has 0 aliphatic heterocycles. The van der Waals surface area contributed by atoms with Crippen LogP contribution in [0.4, 0.5) is 0 Å². The van der Waals surface area contributed by atoms with Gasteiger partial charge in [0.15, 0.2) is 0 Å². The number of halogens is 2. The SMILES string of the molecule is ClCCOc1ccc(C(=C(Cl)c2ccccc2)c2ccccc2)cc1. The number of benzene rings is 3. The Morgan fingerprint density at radius 1 is 0.680 bits per heavy atom. The van der Waals surface area contributed by atoms with Crippen LogP contribution in [0, 0.1) is 0 Å². The van der Waals surface area contributed by atoms with E-state index in [1.165, 1.54) is 0 Å². The third-order valence-electron chi connectivity index (χ3n) is 3.80. The molecule has 25 heavy (non-hydrogen) atoms. The molecule has 0 saturated heterocycles. The van der Waals surface area contributed by atoms with Gasteiger partial charge in [-0.05, 0) is 28.8 Å². The topological polar surface area (TPSA) is 9.23 Å². The summed E-state index contributed by atoms with van der Waals surface area (Å²) in [5.74, 6) is 1.27. The van der Waals surface area contributed by atoms with Crippen molar-refractivity contribution in [3.05, 3.63) is 102 Å². The minimum absolute atomic E-state index is 0.469. The van der Waals surface area contributed by atoms with E-state index in [1.807, 2.05) is 72.8 Å². The minimum Gasteiger partial charge on any atom is -0.492 e. The molecule has 0 atom stereocenters. The number of ether oxygens (including phenoxy) is 1. The Morgan fingerprint density at radius 2 is 1.20 bits per heavy atom. The number of hydrogen-bond acceptors (Lipinski definition) is 1. The lowest BCUT2D eigenvalue weighted by molar-refractivity contribution is 0.343. The van der Waals surface area contributed by atoms with Crippen molar-refractivity contribution < 1.29 is 4.74 Å². The molecule has 0 N–H and O–H groups in total. The van der Waals surface area contributed by atoms with Gasteiger partial charge >= 0.3 is 0 Å². The van der Waals surface area contributed by atoms with Gasteiger partial charge in [0.2, 0.25) is 0 Å². The van der Waals surface area contributed by atoms with Gasteiger partial charge in [0.25, 0.3) is 0 Å². The van der Waals surface area contributed by atoms with Crippen LogP contribution in [0.25, 0.3) is 10.6 Å². The largest absolute Gasteiger partial charge is 0.492 e. The molecule has 3 aromatic carbocycles. The average Bonchev–Trinajstić information content (AvgIpc) is 2.69. The highest BCUT2D eigenvalue weighted by molar-refractivity contribution is 6.53. The molecule has 1 nitrogen and oxygen atoms in total. The summed E-state index contributed by atoms with van der Waals surface area (Å²) in [7, 11) is 0. The van der Waals surface area contributed by atoms with Gasteiger partial charge in [0.05, 0.1) is 10.9 Å². The van der Waals surface area contributed by atoms with E-state index < -0.39 is 0 Å². The number of hydrogen-bond donors (Lipinski definition) is 0. The predicted molar refractivity (Wildman–Crippen MR) is 107 cm³/mol. The first-order valence-electron chi connectivity index (χ1n) is 8.09. The van der Waals surface area contributed by atoms with Crippen LogP contribution in [0.15, 0.2) is 84.9 Å². The van der Waals surface area contributed by atoms with Crippen molar-refractivity contribution in [1.29, 1.82) is 0 Å². The van der Waals surface area contributed by atoms with E-state index in [2.05, 4.69) is 12.1 Å². The summed E-state index contributed by atoms with van der Waals surface area (Å²) in [4.78, 5) is 0. The highest BCUT2D eigenvalue weighted by Gasteiger charge is 2.12. The highest BCUT2D eigenvalue weighted by Crippen LogP contribution is 2.35. The summed E-state index contributed by atoms with van der Waals surface area (Å²) >= 11 is 12.5. The Bertz CT molecular complexity index is 825. The molecule has 126 valence electrons. The highest BCUT2D eigenvalue weighted by atomic mass is 35.5. The van der Waals surface area contributed by atoms with Crippen LogP contribution >= 0.6 is 23.2 Å². The Morgan fingerprint density at radius 3 is 1.76 bits per heavy atom. The maximum Gasteiger partial charge on any atom is 0.119 e. The molecule has 0 aromatic heterocycles. The Hall–Kier alpha value is -2.22. The second-order valence-electron chi connectivity index (χ2n) is 5.48. The van der Waals surface area contributed by atoms with Crippen LogP contribution < -0.4 is 4.74 Å². The van der Waals surface area contributed by atoms with Crippen molar-refractivity contribution in [3.63, 3.8) is 0 Å². The molecule has 3 rings (SSSR count). The van der Waals surface area contributed by atoms with Crippen LogP contribution in [0.2, 0.25) is 0 Å². The molecule has 0 aliphatic rings. The lowest BCUT2D eigenvalue weighted by Crippen LogP contribution is -1.98. The van der Waals surface area contributed by atoms with Crippen LogP contribution in [0.5, 0.6) is 5.75 Å². The van der Waals surface area contributed by atoms with Gasteiger partial charge in [0, 0.05) is 5.57 Å². The third kappa shape index (κ3) is 4.45. The summed E-state index contributed by atoms with van der Waals surface area (Å²) in [5.41, 5.74) is 4.10. The monoisotopic (exact) mass is 368 g/mol. The maximum atomic E-state index is 6.80. The molecule has 0 aliphatic carbocycles. The molecule has 0 bridgehead atoms. The fraction of sp³-hybridized carbons (Fsp3) is 0.0909. The first kappa shape index (κ1) is 17.6. The fourth-order valence-electron chi connectivity index (χ4n) is 2.63. The summed E-state index contributed by atoms with van der Waals surface area (Å²) in [6.07, 6.45) is 0. The van der Waals surface area contributed by atoms with E-state index in [1.54, 1.807) is 0 Å². The predicted octanol–water partition coefficient (Wildman–Crippen LogP) is 6.46. The van der Waals surface area contributed by atoms with Crippen molar-refractivity contribution in [2.45, 2.75) is 0 Å². The van der Waals surface area contributed by atoms with Crippen LogP contribution in [0.1, 0.15) is 16.7 Å². The van der Waals surface area contributed by atoms with E-state index in [-0.39, 0.29) is 0 Å². The van der Waals surface area contributed by atoms with Crippen molar-refractivity contribution in [2.75, 3.05) is 12.5 Å². The Kier molecular flexibility index (Phi) is 6.16. The molecular formula is C22H18Cl2O. The van der Waals surface area contributed by atoms with Crippen molar-refractivity contribution in [2.24, 2.45) is 0 Å². The molecule has 0 spiro atoms. The maximum absolute atomic E-state index is 6.80. The normalized spacial score (nSPS) is 11.8. The Balaban J connectivity index is 2.06. The van der Waals surface area contributed by atoms with Gasteiger partial charge < -0.3 is 4.74 Å². The van der Waals surface area contributed by atoms with Gasteiger partial charge in [-0.3, -0.25) is 0 Å². The van der Waals surface area contributed by atoms with Crippen LogP contribution in [-0.2, 0) is 0 Å². The Labute approximate surface area is 158 Å². The zero-order valence-corrected chi connectivity index (χ0v) is 15.2. The lowest BCUT2D eigenvalue weighted by atomic mass is 9.95. The molecule has 0 saturated carbocycles. The number of alkyl halides is 1. The smallest absolute Gasteiger partial charge is 0.119 e. The van der Waals surface area contributed by atoms with Crippen LogP contribution in [0.3, 0.4) is 0 Å². The van der Waals surface area contributed by atoms with Crippen molar-refractivity contribution in [1.82, 2.24) is 0 Å². The van der Waals surface area contributed by atoms with E-state index in [0.29, 0.717) is 12.5 Å². The molecular weight excluding hydrogens is 351 g/mol. The van der Waals surface area contributed by atoms with Gasteiger partial charge in [-0.1, -0.05) is 84.4 Å². The van der Waals surface area contributed by atoms with Gasteiger partial charge in [-0.25, -0.2) is 0 Å². The molecule has 3 aromatic rings. The lowest BCUT2D eigenvalue weighted by Gasteiger charge is -2.13. The van der Waals surface area contributed by atoms with Gasteiger partial charge in [0.1, 0.15) is 12.4 Å². The summed E-state index contributed by atoms with van der Waals surface area (Å²) in [6, 6.07) is 28.1. The summed E-state index contributed by atoms with van der Waals surface area (Å²) in [6.45, 7) is 0.493.